The molecule has 2 heterocycles. The molecule has 2 aromatic carbocycles. The fourth-order valence-corrected chi connectivity index (χ4v) is 5.43. The van der Waals surface area contributed by atoms with Crippen LogP contribution in [0.2, 0.25) is 0 Å². The van der Waals surface area contributed by atoms with Crippen molar-refractivity contribution in [3.63, 3.8) is 0 Å². The number of ketones is 1. The second-order valence-electron chi connectivity index (χ2n) is 9.99. The normalized spacial score (nSPS) is 14.2. The molecule has 2 N–H and O–H groups in total. The Kier molecular flexibility index (Phi) is 7.73. The monoisotopic (exact) mass is 498 g/mol. The van der Waals surface area contributed by atoms with Crippen molar-refractivity contribution in [3.8, 4) is 22.5 Å². The molecule has 0 spiro atoms. The molecule has 2 aromatic heterocycles. The highest BCUT2D eigenvalue weighted by molar-refractivity contribution is 5.97. The first-order valence-corrected chi connectivity index (χ1v) is 13.4. The molecule has 192 valence electrons. The van der Waals surface area contributed by atoms with Crippen molar-refractivity contribution >= 4 is 5.78 Å². The summed E-state index contributed by atoms with van der Waals surface area (Å²) >= 11 is 0. The minimum absolute atomic E-state index is 0.0316. The van der Waals surface area contributed by atoms with Crippen LogP contribution in [0.5, 0.6) is 0 Å². The molecule has 1 aliphatic carbocycles. The first-order valence-electron chi connectivity index (χ1n) is 13.4. The fraction of sp³-hybridized carbons (Fsp3) is 0.414. The van der Waals surface area contributed by atoms with Gasteiger partial charge in [0, 0.05) is 11.5 Å². The first-order chi connectivity index (χ1) is 18.2. The van der Waals surface area contributed by atoms with Gasteiger partial charge >= 0.3 is 5.69 Å². The molecule has 0 atom stereocenters. The number of nitrogens with one attached hydrogen (secondary N) is 2. The van der Waals surface area contributed by atoms with Gasteiger partial charge in [-0.3, -0.25) is 9.36 Å². The molecule has 0 amide bonds. The van der Waals surface area contributed by atoms with Crippen LogP contribution in [0.4, 0.5) is 0 Å². The molecular weight excluding hydrogens is 464 g/mol. The number of tetrazole rings is 1. The molecule has 37 heavy (non-hydrogen) atoms. The quantitative estimate of drug-likeness (QED) is 0.219. The summed E-state index contributed by atoms with van der Waals surface area (Å²) in [6.07, 6.45) is 9.09. The zero-order valence-electron chi connectivity index (χ0n) is 21.4. The summed E-state index contributed by atoms with van der Waals surface area (Å²) in [6.45, 7) is 2.60. The van der Waals surface area contributed by atoms with Gasteiger partial charge < -0.3 is 4.98 Å². The summed E-state index contributed by atoms with van der Waals surface area (Å²) in [6, 6.07) is 16.2. The van der Waals surface area contributed by atoms with E-state index in [9.17, 15) is 9.59 Å². The highest BCUT2D eigenvalue weighted by atomic mass is 16.2. The van der Waals surface area contributed by atoms with E-state index in [2.05, 4.69) is 44.7 Å². The van der Waals surface area contributed by atoms with Crippen LogP contribution in [0.3, 0.4) is 0 Å². The van der Waals surface area contributed by atoms with Gasteiger partial charge in [0.1, 0.15) is 5.69 Å². The maximum Gasteiger partial charge on any atom is 0.326 e. The van der Waals surface area contributed by atoms with Crippen LogP contribution in [0.1, 0.15) is 80.0 Å². The molecule has 8 heteroatoms. The van der Waals surface area contributed by atoms with Gasteiger partial charge in [-0.15, -0.1) is 5.10 Å². The molecule has 0 radical (unpaired) electrons. The number of benzene rings is 2. The predicted octanol–water partition coefficient (Wildman–Crippen LogP) is 5.57. The molecular formula is C29H34N6O2. The Morgan fingerprint density at radius 2 is 1.76 bits per heavy atom. The maximum atomic E-state index is 13.4. The number of unbranched alkanes of at least 4 members (excludes halogenated alkanes) is 2. The Balaban J connectivity index is 1.42. The number of Topliss-reactive ketones (excluding diaryl/α,β-unsaturated/α-hetero) is 1. The Morgan fingerprint density at radius 1 is 1.00 bits per heavy atom. The van der Waals surface area contributed by atoms with E-state index in [1.807, 2.05) is 36.4 Å². The van der Waals surface area contributed by atoms with Crippen molar-refractivity contribution in [1.29, 1.82) is 0 Å². The van der Waals surface area contributed by atoms with Crippen molar-refractivity contribution in [1.82, 2.24) is 30.2 Å². The highest BCUT2D eigenvalue weighted by Crippen LogP contribution is 2.30. The van der Waals surface area contributed by atoms with E-state index in [1.54, 1.807) is 4.57 Å². The molecule has 4 aromatic rings. The smallest absolute Gasteiger partial charge is 0.303 e. The summed E-state index contributed by atoms with van der Waals surface area (Å²) in [4.78, 5) is 29.4. The first kappa shape index (κ1) is 24.9. The van der Waals surface area contributed by atoms with Crippen LogP contribution in [-0.2, 0) is 13.0 Å². The number of rotatable bonds is 10. The SMILES string of the molecule is CCCCCc1c(C(=O)C2CCCCC2)[nH]c(=O)n1Cc1ccc(-c2ccccc2-c2nnn[nH]2)cc1. The van der Waals surface area contributed by atoms with E-state index in [0.717, 1.165) is 79.3 Å². The van der Waals surface area contributed by atoms with E-state index in [-0.39, 0.29) is 17.4 Å². The number of nitrogens with zero attached hydrogens (tertiary/aromatic N) is 4. The van der Waals surface area contributed by atoms with Crippen LogP contribution < -0.4 is 5.69 Å². The number of carbonyl (C=O) groups excluding carboxylic acids is 1. The zero-order chi connectivity index (χ0) is 25.6. The van der Waals surface area contributed by atoms with Crippen LogP contribution >= 0.6 is 0 Å². The van der Waals surface area contributed by atoms with Gasteiger partial charge in [-0.1, -0.05) is 87.6 Å². The maximum absolute atomic E-state index is 13.4. The summed E-state index contributed by atoms with van der Waals surface area (Å²) in [5, 5.41) is 14.3. The molecule has 5 rings (SSSR count). The minimum Gasteiger partial charge on any atom is -0.303 e. The Morgan fingerprint density at radius 3 is 2.46 bits per heavy atom. The van der Waals surface area contributed by atoms with Crippen molar-refractivity contribution in [2.75, 3.05) is 0 Å². The van der Waals surface area contributed by atoms with Gasteiger partial charge in [0.05, 0.1) is 12.2 Å². The van der Waals surface area contributed by atoms with Gasteiger partial charge in [0.15, 0.2) is 11.6 Å². The molecule has 0 bridgehead atoms. The van der Waals surface area contributed by atoms with Gasteiger partial charge in [-0.2, -0.15) is 0 Å². The van der Waals surface area contributed by atoms with E-state index >= 15 is 0 Å². The van der Waals surface area contributed by atoms with E-state index in [4.69, 9.17) is 0 Å². The lowest BCUT2D eigenvalue weighted by Crippen LogP contribution is -2.20. The summed E-state index contributed by atoms with van der Waals surface area (Å²) < 4.78 is 1.77. The van der Waals surface area contributed by atoms with E-state index in [1.165, 1.54) is 6.42 Å². The standard InChI is InChI=1S/C29H34N6O2/c1-2-3-5-14-25-26(27(36)22-10-6-4-7-11-22)30-29(37)35(25)19-20-15-17-21(18-16-20)23-12-8-9-13-24(23)28-31-33-34-32-28/h8-9,12-13,15-18,22H,2-7,10-11,14,19H2,1H3,(H,30,37)(H,31,32,33,34). The lowest BCUT2D eigenvalue weighted by molar-refractivity contribution is 0.0883. The number of hydrogen-bond acceptors (Lipinski definition) is 5. The Hall–Kier alpha value is -3.81. The van der Waals surface area contributed by atoms with Gasteiger partial charge in [0.2, 0.25) is 0 Å². The molecule has 1 saturated carbocycles. The third-order valence-electron chi connectivity index (χ3n) is 7.46. The van der Waals surface area contributed by atoms with Crippen molar-refractivity contribution < 1.29 is 4.79 Å². The van der Waals surface area contributed by atoms with E-state index < -0.39 is 0 Å². The second kappa shape index (κ2) is 11.5. The fourth-order valence-electron chi connectivity index (χ4n) is 5.43. The minimum atomic E-state index is -0.196. The number of carbonyl (C=O) groups is 1. The number of hydrogen-bond donors (Lipinski definition) is 2. The average molecular weight is 499 g/mol. The van der Waals surface area contributed by atoms with Crippen LogP contribution in [0.25, 0.3) is 22.5 Å². The van der Waals surface area contributed by atoms with Crippen molar-refractivity contribution in [3.05, 3.63) is 76.0 Å². The van der Waals surface area contributed by atoms with Crippen LogP contribution in [-0.4, -0.2) is 36.0 Å². The molecule has 8 nitrogen and oxygen atoms in total. The molecule has 0 saturated heterocycles. The van der Waals surface area contributed by atoms with Crippen molar-refractivity contribution in [2.24, 2.45) is 5.92 Å². The average Bonchev–Trinajstić information content (AvgIpc) is 3.58. The Bertz CT molecular complexity index is 1380. The number of aromatic nitrogens is 6. The lowest BCUT2D eigenvalue weighted by Gasteiger charge is -2.20. The molecule has 0 aliphatic heterocycles. The summed E-state index contributed by atoms with van der Waals surface area (Å²) in [5.74, 6) is 0.769. The third-order valence-corrected chi connectivity index (χ3v) is 7.46. The number of imidazole rings is 1. The van der Waals surface area contributed by atoms with Gasteiger partial charge in [-0.25, -0.2) is 9.89 Å². The Labute approximate surface area is 216 Å². The summed E-state index contributed by atoms with van der Waals surface area (Å²) in [5.41, 5.74) is 5.20. The lowest BCUT2D eigenvalue weighted by atomic mass is 9.84. The van der Waals surface area contributed by atoms with Crippen LogP contribution in [0, 0.1) is 5.92 Å². The zero-order valence-corrected chi connectivity index (χ0v) is 21.4. The largest absolute Gasteiger partial charge is 0.326 e. The molecule has 1 aliphatic rings. The topological polar surface area (TPSA) is 109 Å². The van der Waals surface area contributed by atoms with Crippen LogP contribution in [0.15, 0.2) is 53.3 Å². The third kappa shape index (κ3) is 5.48. The van der Waals surface area contributed by atoms with Crippen molar-refractivity contribution in [2.45, 2.75) is 71.3 Å². The second-order valence-corrected chi connectivity index (χ2v) is 9.99. The molecule has 1 fully saturated rings. The number of H-pyrrole nitrogens is 2. The van der Waals surface area contributed by atoms with Gasteiger partial charge in [-0.05, 0) is 52.8 Å². The highest BCUT2D eigenvalue weighted by Gasteiger charge is 2.27. The number of aromatic amines is 2. The predicted molar refractivity (Wildman–Crippen MR) is 143 cm³/mol. The molecule has 0 unspecified atom stereocenters. The van der Waals surface area contributed by atoms with E-state index in [0.29, 0.717) is 18.1 Å². The van der Waals surface area contributed by atoms with Gasteiger partial charge in [0.25, 0.3) is 0 Å². The summed E-state index contributed by atoms with van der Waals surface area (Å²) in [7, 11) is 0.